The second-order valence-electron chi connectivity index (χ2n) is 8.01. The molecule has 1 aromatic heterocycles. The third-order valence-electron chi connectivity index (χ3n) is 5.18. The number of nitrogens with zero attached hydrogens (tertiary/aromatic N) is 3. The maximum Gasteiger partial charge on any atom is 0.249 e. The van der Waals surface area contributed by atoms with E-state index in [1.54, 1.807) is 25.2 Å². The standard InChI is InChI=1S/C21H27FN4O3S/c1-13(2)11-14(12-18(27)23-3)26-10-9-16-19(15-7-5-6-8-17(15)22)24-21(25-20(16)26)30(4,28)29/h5-8,13-14H,9-12H2,1-4H3,(H,23,27). The van der Waals surface area contributed by atoms with Crippen LogP contribution in [0.5, 0.6) is 0 Å². The van der Waals surface area contributed by atoms with Crippen LogP contribution in [0.1, 0.15) is 32.3 Å². The van der Waals surface area contributed by atoms with Gasteiger partial charge in [-0.3, -0.25) is 4.79 Å². The molecule has 1 atom stereocenters. The molecule has 1 unspecified atom stereocenters. The van der Waals surface area contributed by atoms with Crippen molar-refractivity contribution in [1.82, 2.24) is 15.3 Å². The summed E-state index contributed by atoms with van der Waals surface area (Å²) in [4.78, 5) is 22.7. The van der Waals surface area contributed by atoms with E-state index in [0.29, 0.717) is 36.0 Å². The fourth-order valence-corrected chi connectivity index (χ4v) is 4.35. The lowest BCUT2D eigenvalue weighted by atomic mass is 9.99. The van der Waals surface area contributed by atoms with E-state index in [1.807, 2.05) is 4.90 Å². The SMILES string of the molecule is CNC(=O)CC(CC(C)C)N1CCc2c(-c3ccccc3F)nc(S(C)(=O)=O)nc21. The fourth-order valence-electron chi connectivity index (χ4n) is 3.84. The van der Waals surface area contributed by atoms with Crippen molar-refractivity contribution < 1.29 is 17.6 Å². The molecule has 2 aromatic rings. The Labute approximate surface area is 176 Å². The minimum Gasteiger partial charge on any atom is -0.359 e. The first-order valence-electron chi connectivity index (χ1n) is 9.95. The van der Waals surface area contributed by atoms with Crippen molar-refractivity contribution in [2.45, 2.75) is 44.3 Å². The molecule has 1 N–H and O–H groups in total. The van der Waals surface area contributed by atoms with Gasteiger partial charge in [-0.2, -0.15) is 0 Å². The first-order chi connectivity index (χ1) is 14.1. The summed E-state index contributed by atoms with van der Waals surface area (Å²) < 4.78 is 39.1. The molecule has 1 amide bonds. The van der Waals surface area contributed by atoms with Gasteiger partial charge in [-0.25, -0.2) is 22.8 Å². The van der Waals surface area contributed by atoms with E-state index in [4.69, 9.17) is 0 Å². The van der Waals surface area contributed by atoms with Crippen molar-refractivity contribution >= 4 is 21.6 Å². The third-order valence-corrected chi connectivity index (χ3v) is 6.03. The number of nitrogens with one attached hydrogen (secondary N) is 1. The molecule has 0 fully saturated rings. The molecule has 0 bridgehead atoms. The van der Waals surface area contributed by atoms with Crippen molar-refractivity contribution in [2.75, 3.05) is 24.7 Å². The van der Waals surface area contributed by atoms with Gasteiger partial charge in [0.05, 0.1) is 5.69 Å². The van der Waals surface area contributed by atoms with Gasteiger partial charge < -0.3 is 10.2 Å². The monoisotopic (exact) mass is 434 g/mol. The maximum atomic E-state index is 14.5. The fraction of sp³-hybridized carbons (Fsp3) is 0.476. The van der Waals surface area contributed by atoms with Crippen LogP contribution in [-0.4, -0.2) is 50.2 Å². The summed E-state index contributed by atoms with van der Waals surface area (Å²) >= 11 is 0. The molecule has 162 valence electrons. The molecule has 0 saturated heterocycles. The number of aromatic nitrogens is 2. The predicted octanol–water partition coefficient (Wildman–Crippen LogP) is 2.60. The number of hydrogen-bond acceptors (Lipinski definition) is 6. The number of fused-ring (bicyclic) bond motifs is 1. The van der Waals surface area contributed by atoms with Gasteiger partial charge in [-0.15, -0.1) is 0 Å². The molecule has 0 spiro atoms. The molecule has 0 radical (unpaired) electrons. The molecule has 9 heteroatoms. The Morgan fingerprint density at radius 2 is 1.97 bits per heavy atom. The van der Waals surface area contributed by atoms with Crippen molar-refractivity contribution in [3.05, 3.63) is 35.6 Å². The highest BCUT2D eigenvalue weighted by atomic mass is 32.2. The van der Waals surface area contributed by atoms with E-state index < -0.39 is 15.7 Å². The molecule has 30 heavy (non-hydrogen) atoms. The van der Waals surface area contributed by atoms with Crippen LogP contribution in [0.2, 0.25) is 0 Å². The zero-order valence-corrected chi connectivity index (χ0v) is 18.5. The first kappa shape index (κ1) is 22.1. The van der Waals surface area contributed by atoms with Crippen molar-refractivity contribution in [1.29, 1.82) is 0 Å². The minimum atomic E-state index is -3.72. The quantitative estimate of drug-likeness (QED) is 0.674. The Bertz CT molecular complexity index is 1060. The summed E-state index contributed by atoms with van der Waals surface area (Å²) in [6, 6.07) is 6.02. The Morgan fingerprint density at radius 1 is 1.27 bits per heavy atom. The molecule has 0 aliphatic carbocycles. The lowest BCUT2D eigenvalue weighted by Gasteiger charge is -2.30. The van der Waals surface area contributed by atoms with E-state index in [9.17, 15) is 17.6 Å². The highest BCUT2D eigenvalue weighted by Gasteiger charge is 2.34. The predicted molar refractivity (Wildman–Crippen MR) is 114 cm³/mol. The van der Waals surface area contributed by atoms with Crippen molar-refractivity contribution in [3.63, 3.8) is 0 Å². The van der Waals surface area contributed by atoms with Gasteiger partial charge in [-0.1, -0.05) is 26.0 Å². The number of rotatable bonds is 7. The molecule has 1 aliphatic heterocycles. The average Bonchev–Trinajstić information content (AvgIpc) is 3.10. The summed E-state index contributed by atoms with van der Waals surface area (Å²) in [5.74, 6) is 0.227. The van der Waals surface area contributed by atoms with Crippen molar-refractivity contribution in [2.24, 2.45) is 5.92 Å². The van der Waals surface area contributed by atoms with Gasteiger partial charge in [0.25, 0.3) is 0 Å². The molecule has 1 aliphatic rings. The Balaban J connectivity index is 2.17. The van der Waals surface area contributed by atoms with E-state index in [0.717, 1.165) is 12.7 Å². The Kier molecular flexibility index (Phi) is 6.40. The summed E-state index contributed by atoms with van der Waals surface area (Å²) in [7, 11) is -2.13. The second kappa shape index (κ2) is 8.67. The number of hydrogen-bond donors (Lipinski definition) is 1. The molecule has 1 aromatic carbocycles. The summed E-state index contributed by atoms with van der Waals surface area (Å²) in [6.07, 6.45) is 2.59. The van der Waals surface area contributed by atoms with Crippen LogP contribution in [0, 0.1) is 11.7 Å². The van der Waals surface area contributed by atoms with Crippen LogP contribution in [0.25, 0.3) is 11.3 Å². The van der Waals surface area contributed by atoms with Gasteiger partial charge in [0.2, 0.25) is 20.9 Å². The summed E-state index contributed by atoms with van der Waals surface area (Å²) in [5, 5.41) is 2.31. The van der Waals surface area contributed by atoms with E-state index in [-0.39, 0.29) is 29.1 Å². The van der Waals surface area contributed by atoms with Gasteiger partial charge in [0, 0.05) is 43.4 Å². The number of carbonyl (C=O) groups excluding carboxylic acids is 1. The number of anilines is 1. The molecular formula is C21H27FN4O3S. The highest BCUT2D eigenvalue weighted by molar-refractivity contribution is 7.90. The van der Waals surface area contributed by atoms with Crippen LogP contribution < -0.4 is 10.2 Å². The maximum absolute atomic E-state index is 14.5. The summed E-state index contributed by atoms with van der Waals surface area (Å²) in [6.45, 7) is 4.70. The van der Waals surface area contributed by atoms with Crippen LogP contribution >= 0.6 is 0 Å². The first-order valence-corrected chi connectivity index (χ1v) is 11.8. The minimum absolute atomic E-state index is 0.0965. The molecule has 2 heterocycles. The topological polar surface area (TPSA) is 92.3 Å². The number of amides is 1. The van der Waals surface area contributed by atoms with Crippen LogP contribution in [0.15, 0.2) is 29.4 Å². The largest absolute Gasteiger partial charge is 0.359 e. The number of halogens is 1. The molecule has 0 saturated carbocycles. The zero-order chi connectivity index (χ0) is 22.1. The normalized spacial score (nSPS) is 14.7. The number of benzene rings is 1. The highest BCUT2D eigenvalue weighted by Crippen LogP contribution is 2.37. The number of carbonyl (C=O) groups is 1. The lowest BCUT2D eigenvalue weighted by Crippen LogP contribution is -2.39. The van der Waals surface area contributed by atoms with Gasteiger partial charge in [0.1, 0.15) is 11.6 Å². The lowest BCUT2D eigenvalue weighted by molar-refractivity contribution is -0.121. The van der Waals surface area contributed by atoms with Gasteiger partial charge in [-0.05, 0) is 30.9 Å². The van der Waals surface area contributed by atoms with Crippen LogP contribution in [0.4, 0.5) is 10.2 Å². The molecule has 3 rings (SSSR count). The van der Waals surface area contributed by atoms with Gasteiger partial charge >= 0.3 is 0 Å². The van der Waals surface area contributed by atoms with Crippen molar-refractivity contribution in [3.8, 4) is 11.3 Å². The number of sulfone groups is 1. The zero-order valence-electron chi connectivity index (χ0n) is 17.6. The molecule has 7 nitrogen and oxygen atoms in total. The van der Waals surface area contributed by atoms with E-state index >= 15 is 0 Å². The van der Waals surface area contributed by atoms with Crippen LogP contribution in [0.3, 0.4) is 0 Å². The smallest absolute Gasteiger partial charge is 0.249 e. The third kappa shape index (κ3) is 4.61. The van der Waals surface area contributed by atoms with E-state index in [2.05, 4.69) is 29.1 Å². The van der Waals surface area contributed by atoms with Gasteiger partial charge in [0.15, 0.2) is 0 Å². The Morgan fingerprint density at radius 3 is 2.57 bits per heavy atom. The Hall–Kier alpha value is -2.55. The second-order valence-corrected chi connectivity index (χ2v) is 9.92. The van der Waals surface area contributed by atoms with E-state index in [1.165, 1.54) is 6.07 Å². The average molecular weight is 435 g/mol. The molecular weight excluding hydrogens is 407 g/mol. The summed E-state index contributed by atoms with van der Waals surface area (Å²) in [5.41, 5.74) is 1.25. The van der Waals surface area contributed by atoms with Crippen LogP contribution in [-0.2, 0) is 21.1 Å².